The van der Waals surface area contributed by atoms with Gasteiger partial charge in [-0.3, -0.25) is 0 Å². The number of nitrogens with one attached hydrogen (secondary N) is 1. The van der Waals surface area contributed by atoms with Crippen LogP contribution in [-0.2, 0) is 4.74 Å². The molecule has 0 aliphatic carbocycles. The van der Waals surface area contributed by atoms with Crippen molar-refractivity contribution in [2.24, 2.45) is 5.92 Å². The third-order valence-electron chi connectivity index (χ3n) is 3.09. The van der Waals surface area contributed by atoms with Crippen molar-refractivity contribution in [2.45, 2.75) is 26.4 Å². The Morgan fingerprint density at radius 1 is 1.53 bits per heavy atom. The molecule has 2 atom stereocenters. The first-order valence-corrected chi connectivity index (χ1v) is 6.25. The molecule has 4 nitrogen and oxygen atoms in total. The van der Waals surface area contributed by atoms with Crippen molar-refractivity contribution < 1.29 is 9.47 Å². The molecule has 2 heterocycles. The maximum atomic E-state index is 5.53. The summed E-state index contributed by atoms with van der Waals surface area (Å²) in [5.74, 6) is 2.12. The van der Waals surface area contributed by atoms with Gasteiger partial charge in [-0.2, -0.15) is 4.98 Å². The van der Waals surface area contributed by atoms with Crippen molar-refractivity contribution in [1.29, 1.82) is 0 Å². The third-order valence-corrected chi connectivity index (χ3v) is 3.09. The topological polar surface area (TPSA) is 43.4 Å². The Bertz CT molecular complexity index is 357. The van der Waals surface area contributed by atoms with Gasteiger partial charge in [-0.25, -0.2) is 0 Å². The molecule has 0 aromatic carbocycles. The van der Waals surface area contributed by atoms with Crippen LogP contribution in [0.5, 0.6) is 5.88 Å². The van der Waals surface area contributed by atoms with E-state index in [1.165, 1.54) is 0 Å². The molecule has 2 unspecified atom stereocenters. The lowest BCUT2D eigenvalue weighted by molar-refractivity contribution is 0.108. The van der Waals surface area contributed by atoms with Gasteiger partial charge in [0.05, 0.1) is 12.7 Å². The summed E-state index contributed by atoms with van der Waals surface area (Å²) in [6.07, 6.45) is 1.47. The second kappa shape index (κ2) is 5.87. The van der Waals surface area contributed by atoms with Crippen LogP contribution >= 0.6 is 0 Å². The van der Waals surface area contributed by atoms with Crippen LogP contribution in [0, 0.1) is 5.92 Å². The number of anilines is 1. The summed E-state index contributed by atoms with van der Waals surface area (Å²) in [6.45, 7) is 6.51. The molecule has 4 heteroatoms. The first kappa shape index (κ1) is 12.2. The first-order valence-electron chi connectivity index (χ1n) is 6.25. The van der Waals surface area contributed by atoms with Gasteiger partial charge in [-0.1, -0.05) is 6.07 Å². The number of ether oxygens (including phenoxy) is 2. The largest absolute Gasteiger partial charge is 0.478 e. The average molecular weight is 236 g/mol. The van der Waals surface area contributed by atoms with E-state index in [1.54, 1.807) is 0 Å². The number of rotatable bonds is 5. The van der Waals surface area contributed by atoms with Crippen LogP contribution in [0.2, 0.25) is 0 Å². The Morgan fingerprint density at radius 2 is 2.41 bits per heavy atom. The van der Waals surface area contributed by atoms with Crippen molar-refractivity contribution in [3.05, 3.63) is 18.2 Å². The lowest BCUT2D eigenvalue weighted by atomic mass is 10.0. The van der Waals surface area contributed by atoms with Crippen molar-refractivity contribution in [2.75, 3.05) is 25.1 Å². The lowest BCUT2D eigenvalue weighted by Crippen LogP contribution is -2.21. The highest BCUT2D eigenvalue weighted by atomic mass is 16.5. The molecule has 1 aromatic rings. The van der Waals surface area contributed by atoms with Gasteiger partial charge in [0, 0.05) is 25.1 Å². The molecule has 1 aliphatic heterocycles. The van der Waals surface area contributed by atoms with Crippen molar-refractivity contribution >= 4 is 5.82 Å². The fourth-order valence-corrected chi connectivity index (χ4v) is 2.02. The molecule has 0 saturated carbocycles. The van der Waals surface area contributed by atoms with Crippen molar-refractivity contribution in [1.82, 2.24) is 4.98 Å². The smallest absolute Gasteiger partial charge is 0.215 e. The molecule has 0 radical (unpaired) electrons. The highest BCUT2D eigenvalue weighted by Crippen LogP contribution is 2.21. The molecule has 2 rings (SSSR count). The number of hydrogen-bond donors (Lipinski definition) is 1. The standard InChI is InChI=1S/C13H20N2O2/c1-3-16-13-6-4-5-12(15-13)14-9-11-7-8-17-10(11)2/h4-6,10-11H,3,7-9H2,1-2H3,(H,14,15). The summed E-state index contributed by atoms with van der Waals surface area (Å²) in [5.41, 5.74) is 0. The zero-order valence-corrected chi connectivity index (χ0v) is 10.5. The zero-order chi connectivity index (χ0) is 12.1. The molecular weight excluding hydrogens is 216 g/mol. The normalized spacial score (nSPS) is 23.6. The number of nitrogens with zero attached hydrogens (tertiary/aromatic N) is 1. The fourth-order valence-electron chi connectivity index (χ4n) is 2.02. The van der Waals surface area contributed by atoms with Gasteiger partial charge in [0.15, 0.2) is 0 Å². The predicted molar refractivity (Wildman–Crippen MR) is 67.4 cm³/mol. The summed E-state index contributed by atoms with van der Waals surface area (Å²) >= 11 is 0. The minimum atomic E-state index is 0.345. The van der Waals surface area contributed by atoms with E-state index in [0.717, 1.165) is 25.4 Å². The minimum absolute atomic E-state index is 0.345. The van der Waals surface area contributed by atoms with Gasteiger partial charge < -0.3 is 14.8 Å². The SMILES string of the molecule is CCOc1cccc(NCC2CCOC2C)n1. The van der Waals surface area contributed by atoms with Gasteiger partial charge in [-0.15, -0.1) is 0 Å². The first-order chi connectivity index (χ1) is 8.29. The second-order valence-corrected chi connectivity index (χ2v) is 4.30. The summed E-state index contributed by atoms with van der Waals surface area (Å²) in [7, 11) is 0. The summed E-state index contributed by atoms with van der Waals surface area (Å²) in [6, 6.07) is 5.79. The molecule has 1 N–H and O–H groups in total. The van der Waals surface area contributed by atoms with Gasteiger partial charge in [0.1, 0.15) is 5.82 Å². The summed E-state index contributed by atoms with van der Waals surface area (Å²) in [4.78, 5) is 4.37. The molecule has 1 aliphatic rings. The molecule has 0 spiro atoms. The van der Waals surface area contributed by atoms with Crippen LogP contribution in [0.1, 0.15) is 20.3 Å². The molecule has 1 fully saturated rings. The van der Waals surface area contributed by atoms with Crippen LogP contribution < -0.4 is 10.1 Å². The van der Waals surface area contributed by atoms with E-state index in [4.69, 9.17) is 9.47 Å². The Morgan fingerprint density at radius 3 is 3.12 bits per heavy atom. The van der Waals surface area contributed by atoms with E-state index in [0.29, 0.717) is 24.5 Å². The zero-order valence-electron chi connectivity index (χ0n) is 10.5. The Labute approximate surface area is 102 Å². The number of pyridine rings is 1. The fraction of sp³-hybridized carbons (Fsp3) is 0.615. The summed E-state index contributed by atoms with van der Waals surface area (Å²) in [5, 5.41) is 3.34. The average Bonchev–Trinajstić information content (AvgIpc) is 2.73. The summed E-state index contributed by atoms with van der Waals surface area (Å²) < 4.78 is 10.9. The van der Waals surface area contributed by atoms with Crippen LogP contribution in [0.15, 0.2) is 18.2 Å². The molecule has 1 saturated heterocycles. The molecule has 94 valence electrons. The highest BCUT2D eigenvalue weighted by Gasteiger charge is 2.23. The van der Waals surface area contributed by atoms with E-state index in [9.17, 15) is 0 Å². The lowest BCUT2D eigenvalue weighted by Gasteiger charge is -2.15. The quantitative estimate of drug-likeness (QED) is 0.852. The molecular formula is C13H20N2O2. The van der Waals surface area contributed by atoms with Gasteiger partial charge in [0.25, 0.3) is 0 Å². The monoisotopic (exact) mass is 236 g/mol. The Hall–Kier alpha value is -1.29. The number of aromatic nitrogens is 1. The van der Waals surface area contributed by atoms with E-state index in [2.05, 4.69) is 17.2 Å². The Balaban J connectivity index is 1.87. The van der Waals surface area contributed by atoms with Gasteiger partial charge in [-0.05, 0) is 26.3 Å². The molecule has 1 aromatic heterocycles. The van der Waals surface area contributed by atoms with Crippen molar-refractivity contribution in [3.8, 4) is 5.88 Å². The highest BCUT2D eigenvalue weighted by molar-refractivity contribution is 5.37. The van der Waals surface area contributed by atoms with E-state index >= 15 is 0 Å². The van der Waals surface area contributed by atoms with E-state index < -0.39 is 0 Å². The van der Waals surface area contributed by atoms with Crippen LogP contribution in [0.3, 0.4) is 0 Å². The van der Waals surface area contributed by atoms with Gasteiger partial charge in [0.2, 0.25) is 5.88 Å². The third kappa shape index (κ3) is 3.33. The maximum absolute atomic E-state index is 5.53. The maximum Gasteiger partial charge on any atom is 0.215 e. The molecule has 17 heavy (non-hydrogen) atoms. The molecule has 0 bridgehead atoms. The second-order valence-electron chi connectivity index (χ2n) is 4.30. The molecule has 0 amide bonds. The van der Waals surface area contributed by atoms with E-state index in [-0.39, 0.29) is 0 Å². The van der Waals surface area contributed by atoms with Crippen LogP contribution in [-0.4, -0.2) is 30.8 Å². The number of hydrogen-bond acceptors (Lipinski definition) is 4. The van der Waals surface area contributed by atoms with Crippen molar-refractivity contribution in [3.63, 3.8) is 0 Å². The van der Waals surface area contributed by atoms with Crippen LogP contribution in [0.25, 0.3) is 0 Å². The van der Waals surface area contributed by atoms with E-state index in [1.807, 2.05) is 25.1 Å². The Kier molecular flexibility index (Phi) is 4.20. The van der Waals surface area contributed by atoms with Crippen LogP contribution in [0.4, 0.5) is 5.82 Å². The van der Waals surface area contributed by atoms with Gasteiger partial charge >= 0.3 is 0 Å². The minimum Gasteiger partial charge on any atom is -0.478 e. The predicted octanol–water partition coefficient (Wildman–Crippen LogP) is 2.32.